The molecule has 118 valence electrons. The number of thioether (sulfide) groups is 1. The summed E-state index contributed by atoms with van der Waals surface area (Å²) in [4.78, 5) is 20.5. The van der Waals surface area contributed by atoms with Crippen molar-refractivity contribution in [3.8, 4) is 0 Å². The lowest BCUT2D eigenvalue weighted by Crippen LogP contribution is -2.22. The van der Waals surface area contributed by atoms with Crippen molar-refractivity contribution in [3.05, 3.63) is 46.7 Å². The number of halogens is 2. The highest BCUT2D eigenvalue weighted by molar-refractivity contribution is 8.00. The van der Waals surface area contributed by atoms with E-state index in [9.17, 15) is 4.79 Å². The maximum atomic E-state index is 12.2. The van der Waals surface area contributed by atoms with Crippen LogP contribution in [-0.2, 0) is 4.79 Å². The van der Waals surface area contributed by atoms with E-state index in [2.05, 4.69) is 15.3 Å². The van der Waals surface area contributed by atoms with Gasteiger partial charge in [-0.1, -0.05) is 35.0 Å². The Balaban J connectivity index is 1.71. The van der Waals surface area contributed by atoms with E-state index in [1.54, 1.807) is 43.5 Å². The number of benzene rings is 1. The van der Waals surface area contributed by atoms with Gasteiger partial charge in [0.1, 0.15) is 5.52 Å². The second-order valence-corrected chi connectivity index (χ2v) is 6.77. The first-order chi connectivity index (χ1) is 11.0. The number of carbonyl (C=O) groups is 1. The van der Waals surface area contributed by atoms with E-state index in [0.29, 0.717) is 27.0 Å². The largest absolute Gasteiger partial charge is 0.431 e. The Hall–Kier alpha value is -1.76. The van der Waals surface area contributed by atoms with Crippen molar-refractivity contribution in [2.24, 2.45) is 0 Å². The maximum absolute atomic E-state index is 12.2. The molecule has 5 nitrogen and oxygen atoms in total. The highest BCUT2D eigenvalue weighted by Gasteiger charge is 2.19. The van der Waals surface area contributed by atoms with Gasteiger partial charge in [0.15, 0.2) is 10.7 Å². The van der Waals surface area contributed by atoms with Gasteiger partial charge < -0.3 is 9.73 Å². The summed E-state index contributed by atoms with van der Waals surface area (Å²) in [5.74, 6) is -0.217. The van der Waals surface area contributed by atoms with Crippen LogP contribution in [-0.4, -0.2) is 21.1 Å². The van der Waals surface area contributed by atoms with Crippen LogP contribution >= 0.6 is 35.0 Å². The van der Waals surface area contributed by atoms with Gasteiger partial charge in [0.05, 0.1) is 10.9 Å². The van der Waals surface area contributed by atoms with Crippen molar-refractivity contribution in [1.29, 1.82) is 0 Å². The number of hydrogen-bond acceptors (Lipinski definition) is 5. The number of hydrogen-bond donors (Lipinski definition) is 1. The molecule has 0 aliphatic heterocycles. The van der Waals surface area contributed by atoms with Gasteiger partial charge in [0.2, 0.25) is 5.91 Å². The van der Waals surface area contributed by atoms with Crippen LogP contribution in [0.5, 0.6) is 0 Å². The molecule has 2 aromatic heterocycles. The zero-order chi connectivity index (χ0) is 16.4. The molecule has 0 spiro atoms. The Labute approximate surface area is 146 Å². The predicted molar refractivity (Wildman–Crippen MR) is 92.2 cm³/mol. The molecule has 0 radical (unpaired) electrons. The Kier molecular flexibility index (Phi) is 4.75. The third kappa shape index (κ3) is 3.77. The molecule has 0 bridgehead atoms. The van der Waals surface area contributed by atoms with E-state index in [0.717, 1.165) is 0 Å². The number of rotatable bonds is 4. The molecule has 0 saturated carbocycles. The number of anilines is 1. The van der Waals surface area contributed by atoms with Crippen LogP contribution in [0.3, 0.4) is 0 Å². The van der Waals surface area contributed by atoms with E-state index in [1.807, 2.05) is 0 Å². The molecular weight excluding hydrogens is 357 g/mol. The Morgan fingerprint density at radius 3 is 2.96 bits per heavy atom. The molecule has 3 aromatic rings. The van der Waals surface area contributed by atoms with E-state index in [-0.39, 0.29) is 11.1 Å². The van der Waals surface area contributed by atoms with Crippen LogP contribution < -0.4 is 5.32 Å². The van der Waals surface area contributed by atoms with Gasteiger partial charge in [-0.2, -0.15) is 0 Å². The van der Waals surface area contributed by atoms with Crippen LogP contribution in [0.4, 0.5) is 5.69 Å². The van der Waals surface area contributed by atoms with E-state index < -0.39 is 5.25 Å². The first-order valence-electron chi connectivity index (χ1n) is 6.67. The minimum atomic E-state index is -0.421. The molecule has 0 fully saturated rings. The van der Waals surface area contributed by atoms with Crippen molar-refractivity contribution < 1.29 is 9.21 Å². The Bertz CT molecular complexity index is 869. The molecule has 2 heterocycles. The highest BCUT2D eigenvalue weighted by Crippen LogP contribution is 2.29. The zero-order valence-electron chi connectivity index (χ0n) is 11.9. The van der Waals surface area contributed by atoms with Gasteiger partial charge in [0.25, 0.3) is 5.22 Å². The number of fused-ring (bicyclic) bond motifs is 1. The summed E-state index contributed by atoms with van der Waals surface area (Å²) in [6.45, 7) is 1.76. The average Bonchev–Trinajstić information content (AvgIpc) is 2.90. The molecule has 1 aromatic carbocycles. The lowest BCUT2D eigenvalue weighted by molar-refractivity contribution is -0.115. The van der Waals surface area contributed by atoms with Crippen LogP contribution in [0.25, 0.3) is 11.1 Å². The van der Waals surface area contributed by atoms with Gasteiger partial charge in [-0.25, -0.2) is 9.97 Å². The smallest absolute Gasteiger partial charge is 0.257 e. The number of aromatic nitrogens is 2. The van der Waals surface area contributed by atoms with E-state index in [1.165, 1.54) is 11.8 Å². The summed E-state index contributed by atoms with van der Waals surface area (Å²) in [6.07, 6.45) is 1.56. The van der Waals surface area contributed by atoms with Crippen molar-refractivity contribution in [2.75, 3.05) is 5.32 Å². The van der Waals surface area contributed by atoms with Crippen LogP contribution in [0, 0.1) is 0 Å². The minimum Gasteiger partial charge on any atom is -0.431 e. The number of nitrogens with one attached hydrogen (secondary N) is 1. The summed E-state index contributed by atoms with van der Waals surface area (Å²) < 4.78 is 5.59. The summed E-state index contributed by atoms with van der Waals surface area (Å²) in [5, 5.41) is 3.53. The van der Waals surface area contributed by atoms with Gasteiger partial charge in [-0.15, -0.1) is 0 Å². The first-order valence-corrected chi connectivity index (χ1v) is 8.30. The molecule has 0 aliphatic carbocycles. The lowest BCUT2D eigenvalue weighted by Gasteiger charge is -2.10. The summed E-state index contributed by atoms with van der Waals surface area (Å²) in [5.41, 5.74) is 1.75. The first kappa shape index (κ1) is 16.1. The standard InChI is InChI=1S/C15H11Cl2N3O2S/c1-8(14(21)19-11-3-2-6-18-13(11)17)23-15-20-10-5-4-9(16)7-12(10)22-15/h2-8H,1H3,(H,19,21)/t8-/m1/s1. The van der Waals surface area contributed by atoms with Crippen molar-refractivity contribution in [1.82, 2.24) is 9.97 Å². The molecule has 1 N–H and O–H groups in total. The monoisotopic (exact) mass is 367 g/mol. The fourth-order valence-corrected chi connectivity index (χ4v) is 2.93. The average molecular weight is 368 g/mol. The molecule has 0 saturated heterocycles. The molecule has 8 heteroatoms. The van der Waals surface area contributed by atoms with Crippen molar-refractivity contribution >= 4 is 57.7 Å². The second kappa shape index (κ2) is 6.78. The van der Waals surface area contributed by atoms with Crippen molar-refractivity contribution in [2.45, 2.75) is 17.4 Å². The second-order valence-electron chi connectivity index (χ2n) is 4.68. The maximum Gasteiger partial charge on any atom is 0.257 e. The Morgan fingerprint density at radius 2 is 2.17 bits per heavy atom. The molecule has 3 rings (SSSR count). The topological polar surface area (TPSA) is 68.0 Å². The van der Waals surface area contributed by atoms with E-state index >= 15 is 0 Å². The van der Waals surface area contributed by atoms with Crippen molar-refractivity contribution in [3.63, 3.8) is 0 Å². The van der Waals surface area contributed by atoms with Gasteiger partial charge in [0, 0.05) is 17.3 Å². The highest BCUT2D eigenvalue weighted by atomic mass is 35.5. The summed E-state index contributed by atoms with van der Waals surface area (Å²) >= 11 is 13.0. The predicted octanol–water partition coefficient (Wildman–Crippen LogP) is 4.65. The number of oxazole rings is 1. The number of nitrogens with zero attached hydrogens (tertiary/aromatic N) is 2. The SMILES string of the molecule is C[C@@H](Sc1nc2ccc(Cl)cc2o1)C(=O)Nc1cccnc1Cl. The van der Waals surface area contributed by atoms with Gasteiger partial charge in [-0.3, -0.25) is 4.79 Å². The number of carbonyl (C=O) groups excluding carboxylic acids is 1. The third-order valence-electron chi connectivity index (χ3n) is 2.99. The van der Waals surface area contributed by atoms with E-state index in [4.69, 9.17) is 27.6 Å². The normalized spacial score (nSPS) is 12.3. The third-order valence-corrected chi connectivity index (χ3v) is 4.47. The molecular formula is C15H11Cl2N3O2S. The molecule has 1 atom stereocenters. The zero-order valence-corrected chi connectivity index (χ0v) is 14.2. The van der Waals surface area contributed by atoms with Gasteiger partial charge in [-0.05, 0) is 31.2 Å². The van der Waals surface area contributed by atoms with Crippen LogP contribution in [0.1, 0.15) is 6.92 Å². The summed E-state index contributed by atoms with van der Waals surface area (Å²) in [7, 11) is 0. The molecule has 1 amide bonds. The van der Waals surface area contributed by atoms with Crippen LogP contribution in [0.2, 0.25) is 10.2 Å². The fraction of sp³-hybridized carbons (Fsp3) is 0.133. The fourth-order valence-electron chi connectivity index (χ4n) is 1.85. The molecule has 0 aliphatic rings. The van der Waals surface area contributed by atoms with Crippen LogP contribution in [0.15, 0.2) is 46.2 Å². The Morgan fingerprint density at radius 1 is 1.35 bits per heavy atom. The molecule has 0 unspecified atom stereocenters. The summed E-state index contributed by atoms with van der Waals surface area (Å²) in [6, 6.07) is 8.58. The van der Waals surface area contributed by atoms with Gasteiger partial charge >= 0.3 is 0 Å². The lowest BCUT2D eigenvalue weighted by atomic mass is 10.3. The molecule has 23 heavy (non-hydrogen) atoms. The minimum absolute atomic E-state index is 0.217. The number of pyridine rings is 1. The quantitative estimate of drug-likeness (QED) is 0.536. The number of amides is 1.